The Kier molecular flexibility index (Phi) is 3.39. The van der Waals surface area contributed by atoms with E-state index in [1.54, 1.807) is 6.92 Å². The SMILES string of the molecule is CCOC(=O)Cc1nccc(N)c1F. The summed E-state index contributed by atoms with van der Waals surface area (Å²) in [6.45, 7) is 1.95. The molecule has 0 aliphatic rings. The van der Waals surface area contributed by atoms with Crippen LogP contribution >= 0.6 is 0 Å². The fourth-order valence-electron chi connectivity index (χ4n) is 0.976. The fourth-order valence-corrected chi connectivity index (χ4v) is 0.976. The van der Waals surface area contributed by atoms with Crippen LogP contribution in [0.2, 0.25) is 0 Å². The molecule has 5 heteroatoms. The van der Waals surface area contributed by atoms with E-state index in [1.165, 1.54) is 12.3 Å². The Morgan fingerprint density at radius 2 is 2.43 bits per heavy atom. The lowest BCUT2D eigenvalue weighted by Gasteiger charge is -2.03. The number of aromatic nitrogens is 1. The maximum atomic E-state index is 13.2. The molecule has 0 amide bonds. The molecular formula is C9H11FN2O2. The van der Waals surface area contributed by atoms with Gasteiger partial charge < -0.3 is 10.5 Å². The molecule has 0 bridgehead atoms. The van der Waals surface area contributed by atoms with Crippen LogP contribution in [0.5, 0.6) is 0 Å². The number of hydrogen-bond donors (Lipinski definition) is 1. The molecule has 1 heterocycles. The molecule has 0 fully saturated rings. The molecule has 0 aliphatic carbocycles. The largest absolute Gasteiger partial charge is 0.466 e. The molecule has 1 aromatic heterocycles. The molecule has 4 nitrogen and oxygen atoms in total. The van der Waals surface area contributed by atoms with Crippen LogP contribution in [0.15, 0.2) is 12.3 Å². The van der Waals surface area contributed by atoms with Crippen molar-refractivity contribution in [2.24, 2.45) is 0 Å². The summed E-state index contributed by atoms with van der Waals surface area (Å²) in [6.07, 6.45) is 1.16. The van der Waals surface area contributed by atoms with Crippen molar-refractivity contribution in [1.29, 1.82) is 0 Å². The quantitative estimate of drug-likeness (QED) is 0.733. The normalized spacial score (nSPS) is 9.86. The summed E-state index contributed by atoms with van der Waals surface area (Å²) in [7, 11) is 0. The van der Waals surface area contributed by atoms with E-state index >= 15 is 0 Å². The topological polar surface area (TPSA) is 65.2 Å². The van der Waals surface area contributed by atoms with Crippen LogP contribution in [0, 0.1) is 5.82 Å². The Morgan fingerprint density at radius 3 is 3.07 bits per heavy atom. The van der Waals surface area contributed by atoms with Gasteiger partial charge in [0.2, 0.25) is 0 Å². The van der Waals surface area contributed by atoms with Crippen LogP contribution in [-0.4, -0.2) is 17.6 Å². The highest BCUT2D eigenvalue weighted by atomic mass is 19.1. The van der Waals surface area contributed by atoms with E-state index in [-0.39, 0.29) is 24.4 Å². The third-order valence-corrected chi connectivity index (χ3v) is 1.61. The number of pyridine rings is 1. The number of esters is 1. The zero-order chi connectivity index (χ0) is 10.6. The lowest BCUT2D eigenvalue weighted by Crippen LogP contribution is -2.11. The minimum Gasteiger partial charge on any atom is -0.466 e. The van der Waals surface area contributed by atoms with Crippen molar-refractivity contribution < 1.29 is 13.9 Å². The summed E-state index contributed by atoms with van der Waals surface area (Å²) >= 11 is 0. The first kappa shape index (κ1) is 10.4. The summed E-state index contributed by atoms with van der Waals surface area (Å²) in [5.74, 6) is -1.16. The minimum absolute atomic E-state index is 0.0145. The minimum atomic E-state index is -0.652. The first-order valence-corrected chi connectivity index (χ1v) is 4.19. The molecule has 1 rings (SSSR count). The van der Waals surface area contributed by atoms with Crippen LogP contribution in [0.25, 0.3) is 0 Å². The summed E-state index contributed by atoms with van der Waals surface area (Å²) in [4.78, 5) is 14.7. The molecular weight excluding hydrogens is 187 g/mol. The van der Waals surface area contributed by atoms with E-state index < -0.39 is 11.8 Å². The van der Waals surface area contributed by atoms with Crippen molar-refractivity contribution in [2.75, 3.05) is 12.3 Å². The van der Waals surface area contributed by atoms with E-state index in [0.717, 1.165) is 0 Å². The third kappa shape index (κ3) is 2.42. The standard InChI is InChI=1S/C9H11FN2O2/c1-2-14-8(13)5-7-9(10)6(11)3-4-12-7/h3-4H,2,5H2,1H3,(H2,11,12). The lowest BCUT2D eigenvalue weighted by molar-refractivity contribution is -0.142. The first-order chi connectivity index (χ1) is 6.65. The maximum absolute atomic E-state index is 13.2. The second-order valence-corrected chi connectivity index (χ2v) is 2.64. The van der Waals surface area contributed by atoms with Gasteiger partial charge in [-0.15, -0.1) is 0 Å². The van der Waals surface area contributed by atoms with Gasteiger partial charge >= 0.3 is 5.97 Å². The van der Waals surface area contributed by atoms with Gasteiger partial charge in [-0.2, -0.15) is 0 Å². The van der Waals surface area contributed by atoms with Gasteiger partial charge in [0.15, 0.2) is 5.82 Å². The van der Waals surface area contributed by atoms with E-state index in [9.17, 15) is 9.18 Å². The Hall–Kier alpha value is -1.65. The van der Waals surface area contributed by atoms with Crippen molar-refractivity contribution in [3.8, 4) is 0 Å². The van der Waals surface area contributed by atoms with Gasteiger partial charge in [-0.3, -0.25) is 9.78 Å². The van der Waals surface area contributed by atoms with Crippen molar-refractivity contribution >= 4 is 11.7 Å². The maximum Gasteiger partial charge on any atom is 0.311 e. The molecule has 0 atom stereocenters. The Balaban J connectivity index is 2.76. The van der Waals surface area contributed by atoms with Crippen molar-refractivity contribution in [3.05, 3.63) is 23.8 Å². The zero-order valence-corrected chi connectivity index (χ0v) is 7.79. The molecule has 0 aromatic carbocycles. The Labute approximate surface area is 80.9 Å². The number of nitrogens with two attached hydrogens (primary N) is 1. The lowest BCUT2D eigenvalue weighted by atomic mass is 10.2. The third-order valence-electron chi connectivity index (χ3n) is 1.61. The van der Waals surface area contributed by atoms with Crippen molar-refractivity contribution in [3.63, 3.8) is 0 Å². The molecule has 0 aliphatic heterocycles. The van der Waals surface area contributed by atoms with Gasteiger partial charge in [0, 0.05) is 6.20 Å². The van der Waals surface area contributed by atoms with E-state index in [1.807, 2.05) is 0 Å². The second-order valence-electron chi connectivity index (χ2n) is 2.64. The number of nitrogens with zero attached hydrogens (tertiary/aromatic N) is 1. The number of hydrogen-bond acceptors (Lipinski definition) is 4. The fraction of sp³-hybridized carbons (Fsp3) is 0.333. The number of anilines is 1. The second kappa shape index (κ2) is 4.55. The summed E-state index contributed by atoms with van der Waals surface area (Å²) in [6, 6.07) is 1.34. The number of ether oxygens (including phenoxy) is 1. The molecule has 14 heavy (non-hydrogen) atoms. The first-order valence-electron chi connectivity index (χ1n) is 4.19. The van der Waals surface area contributed by atoms with Crippen LogP contribution in [0.4, 0.5) is 10.1 Å². The van der Waals surface area contributed by atoms with Gasteiger partial charge in [-0.25, -0.2) is 4.39 Å². The van der Waals surface area contributed by atoms with Gasteiger partial charge in [-0.05, 0) is 13.0 Å². The Bertz CT molecular complexity index is 342. The molecule has 0 unspecified atom stereocenters. The highest BCUT2D eigenvalue weighted by Gasteiger charge is 2.11. The predicted molar refractivity (Wildman–Crippen MR) is 48.9 cm³/mol. The highest BCUT2D eigenvalue weighted by Crippen LogP contribution is 2.12. The molecule has 0 saturated heterocycles. The average Bonchev–Trinajstić information content (AvgIpc) is 2.13. The van der Waals surface area contributed by atoms with E-state index in [4.69, 9.17) is 5.73 Å². The number of carbonyl (C=O) groups is 1. The zero-order valence-electron chi connectivity index (χ0n) is 7.79. The molecule has 2 N–H and O–H groups in total. The van der Waals surface area contributed by atoms with Gasteiger partial charge in [0.05, 0.1) is 24.4 Å². The van der Waals surface area contributed by atoms with Crippen LogP contribution < -0.4 is 5.73 Å². The Morgan fingerprint density at radius 1 is 1.71 bits per heavy atom. The average molecular weight is 198 g/mol. The number of carbonyl (C=O) groups excluding carboxylic acids is 1. The van der Waals surface area contributed by atoms with Crippen molar-refractivity contribution in [2.45, 2.75) is 13.3 Å². The monoisotopic (exact) mass is 198 g/mol. The number of nitrogen functional groups attached to an aromatic ring is 1. The van der Waals surface area contributed by atoms with E-state index in [0.29, 0.717) is 0 Å². The molecule has 0 spiro atoms. The molecule has 0 radical (unpaired) electrons. The number of rotatable bonds is 3. The number of halogens is 1. The smallest absolute Gasteiger partial charge is 0.311 e. The van der Waals surface area contributed by atoms with Crippen molar-refractivity contribution in [1.82, 2.24) is 4.98 Å². The van der Waals surface area contributed by atoms with Gasteiger partial charge in [0.1, 0.15) is 0 Å². The predicted octanol–water partition coefficient (Wildman–Crippen LogP) is 0.909. The summed E-state index contributed by atoms with van der Waals surface area (Å²) in [5, 5.41) is 0. The summed E-state index contributed by atoms with van der Waals surface area (Å²) < 4.78 is 17.9. The highest BCUT2D eigenvalue weighted by molar-refractivity contribution is 5.72. The van der Waals surface area contributed by atoms with E-state index in [2.05, 4.69) is 9.72 Å². The van der Waals surface area contributed by atoms with Gasteiger partial charge in [0.25, 0.3) is 0 Å². The molecule has 0 saturated carbocycles. The van der Waals surface area contributed by atoms with Gasteiger partial charge in [-0.1, -0.05) is 0 Å². The molecule has 76 valence electrons. The summed E-state index contributed by atoms with van der Waals surface area (Å²) in [5.41, 5.74) is 5.31. The van der Waals surface area contributed by atoms with Crippen LogP contribution in [0.1, 0.15) is 12.6 Å². The van der Waals surface area contributed by atoms with Crippen LogP contribution in [-0.2, 0) is 16.0 Å². The van der Waals surface area contributed by atoms with Crippen LogP contribution in [0.3, 0.4) is 0 Å². The molecule has 1 aromatic rings.